The second kappa shape index (κ2) is 6.49. The Kier molecular flexibility index (Phi) is 4.90. The number of hydrogen-bond donors (Lipinski definition) is 2. The zero-order valence-corrected chi connectivity index (χ0v) is 14.0. The van der Waals surface area contributed by atoms with Gasteiger partial charge in [0.15, 0.2) is 0 Å². The highest BCUT2D eigenvalue weighted by Crippen LogP contribution is 2.27. The zero-order chi connectivity index (χ0) is 15.5. The van der Waals surface area contributed by atoms with Gasteiger partial charge in [0.25, 0.3) is 0 Å². The van der Waals surface area contributed by atoms with Crippen LogP contribution in [0.25, 0.3) is 0 Å². The summed E-state index contributed by atoms with van der Waals surface area (Å²) in [4.78, 5) is 0.483. The van der Waals surface area contributed by atoms with Gasteiger partial charge < -0.3 is 11.1 Å². The third-order valence-electron chi connectivity index (χ3n) is 2.95. The van der Waals surface area contributed by atoms with E-state index in [-0.39, 0.29) is 9.79 Å². The second-order valence-corrected chi connectivity index (χ2v) is 7.54. The fourth-order valence-electron chi connectivity index (χ4n) is 1.87. The molecule has 2 rings (SSSR count). The molecule has 0 unspecified atom stereocenters. The minimum atomic E-state index is -3.55. The summed E-state index contributed by atoms with van der Waals surface area (Å²) in [5.41, 5.74) is 6.91. The summed E-state index contributed by atoms with van der Waals surface area (Å²) in [5, 5.41) is 3.19. The summed E-state index contributed by atoms with van der Waals surface area (Å²) in [7, 11) is -3.55. The van der Waals surface area contributed by atoms with Crippen LogP contribution in [0, 0.1) is 0 Å². The molecule has 0 aromatic heterocycles. The molecule has 2 aromatic carbocycles. The lowest BCUT2D eigenvalue weighted by Gasteiger charge is -2.10. The summed E-state index contributed by atoms with van der Waals surface area (Å²) in [6, 6.07) is 11.3. The quantitative estimate of drug-likeness (QED) is 0.789. The molecule has 0 heterocycles. The van der Waals surface area contributed by atoms with Crippen molar-refractivity contribution in [3.8, 4) is 0 Å². The van der Waals surface area contributed by atoms with Gasteiger partial charge in [0.05, 0.1) is 9.79 Å². The van der Waals surface area contributed by atoms with E-state index in [1.807, 2.05) is 6.07 Å². The van der Waals surface area contributed by atoms with Gasteiger partial charge in [-0.15, -0.1) is 0 Å². The van der Waals surface area contributed by atoms with E-state index in [2.05, 4.69) is 28.2 Å². The second-order valence-electron chi connectivity index (χ2n) is 4.67. The molecule has 3 N–H and O–H groups in total. The predicted molar refractivity (Wildman–Crippen MR) is 89.2 cm³/mol. The van der Waals surface area contributed by atoms with Gasteiger partial charge in [0.2, 0.25) is 9.84 Å². The number of nitrogens with one attached hydrogen (secondary N) is 1. The molecule has 2 aromatic rings. The summed E-state index contributed by atoms with van der Waals surface area (Å²) in [6.45, 7) is 2.84. The number of benzene rings is 2. The third kappa shape index (κ3) is 3.77. The van der Waals surface area contributed by atoms with E-state index in [4.69, 9.17) is 5.73 Å². The van der Waals surface area contributed by atoms with E-state index in [1.54, 1.807) is 24.3 Å². The highest BCUT2D eigenvalue weighted by Gasteiger charge is 2.18. The minimum absolute atomic E-state index is 0.233. The van der Waals surface area contributed by atoms with Crippen LogP contribution in [-0.4, -0.2) is 15.0 Å². The molecule has 6 heteroatoms. The van der Waals surface area contributed by atoms with Crippen LogP contribution in [0.1, 0.15) is 13.3 Å². The van der Waals surface area contributed by atoms with E-state index in [9.17, 15) is 8.42 Å². The van der Waals surface area contributed by atoms with E-state index in [0.29, 0.717) is 5.69 Å². The van der Waals surface area contributed by atoms with Gasteiger partial charge in [-0.25, -0.2) is 8.42 Å². The van der Waals surface area contributed by atoms with Gasteiger partial charge in [0.1, 0.15) is 0 Å². The smallest absolute Gasteiger partial charge is 0.206 e. The molecular formula is C15H17BrN2O2S. The molecule has 0 fully saturated rings. The van der Waals surface area contributed by atoms with Gasteiger partial charge in [-0.2, -0.15) is 0 Å². The van der Waals surface area contributed by atoms with Crippen LogP contribution in [0.4, 0.5) is 11.4 Å². The van der Waals surface area contributed by atoms with Crippen molar-refractivity contribution >= 4 is 37.1 Å². The Balaban J connectivity index is 2.44. The van der Waals surface area contributed by atoms with Crippen molar-refractivity contribution in [1.29, 1.82) is 0 Å². The Morgan fingerprint density at radius 2 is 1.76 bits per heavy atom. The molecule has 112 valence electrons. The molecule has 4 nitrogen and oxygen atoms in total. The lowest BCUT2D eigenvalue weighted by Crippen LogP contribution is -2.05. The number of hydrogen-bond acceptors (Lipinski definition) is 4. The number of rotatable bonds is 5. The maximum absolute atomic E-state index is 12.6. The predicted octanol–water partition coefficient (Wildman–Crippen LogP) is 3.69. The van der Waals surface area contributed by atoms with Gasteiger partial charge in [-0.3, -0.25) is 0 Å². The van der Waals surface area contributed by atoms with Crippen LogP contribution in [0.3, 0.4) is 0 Å². The average molecular weight is 369 g/mol. The van der Waals surface area contributed by atoms with Gasteiger partial charge in [-0.1, -0.05) is 22.9 Å². The van der Waals surface area contributed by atoms with Gasteiger partial charge in [0, 0.05) is 22.4 Å². The van der Waals surface area contributed by atoms with Crippen molar-refractivity contribution in [1.82, 2.24) is 0 Å². The van der Waals surface area contributed by atoms with Gasteiger partial charge >= 0.3 is 0 Å². The van der Waals surface area contributed by atoms with Crippen LogP contribution in [0.2, 0.25) is 0 Å². The number of sulfone groups is 1. The first kappa shape index (κ1) is 15.9. The minimum Gasteiger partial charge on any atom is -0.399 e. The normalized spacial score (nSPS) is 11.3. The van der Waals surface area contributed by atoms with Crippen LogP contribution < -0.4 is 11.1 Å². The molecule has 0 bridgehead atoms. The summed E-state index contributed by atoms with van der Waals surface area (Å²) >= 11 is 3.36. The van der Waals surface area contributed by atoms with E-state index >= 15 is 0 Å². The first-order chi connectivity index (χ1) is 9.93. The fraction of sp³-hybridized carbons (Fsp3) is 0.200. The Hall–Kier alpha value is -1.53. The Morgan fingerprint density at radius 3 is 2.38 bits per heavy atom. The Labute approximate surface area is 133 Å². The van der Waals surface area contributed by atoms with E-state index in [0.717, 1.165) is 23.1 Å². The maximum Gasteiger partial charge on any atom is 0.206 e. The molecule has 0 aliphatic rings. The lowest BCUT2D eigenvalue weighted by atomic mass is 10.3. The van der Waals surface area contributed by atoms with Crippen molar-refractivity contribution in [2.75, 3.05) is 17.6 Å². The molecule has 0 amide bonds. The molecular weight excluding hydrogens is 352 g/mol. The number of nitrogen functional groups attached to an aromatic ring is 1. The molecule has 0 atom stereocenters. The average Bonchev–Trinajstić information content (AvgIpc) is 2.45. The molecule has 0 aliphatic heterocycles. The first-order valence-electron chi connectivity index (χ1n) is 6.58. The molecule has 0 spiro atoms. The largest absolute Gasteiger partial charge is 0.399 e. The summed E-state index contributed by atoms with van der Waals surface area (Å²) < 4.78 is 26.0. The molecule has 0 saturated carbocycles. The third-order valence-corrected chi connectivity index (χ3v) is 5.16. The molecule has 0 aliphatic carbocycles. The lowest BCUT2D eigenvalue weighted by molar-refractivity contribution is 0.596. The van der Waals surface area contributed by atoms with Crippen molar-refractivity contribution < 1.29 is 8.42 Å². The highest BCUT2D eigenvalue weighted by molar-refractivity contribution is 9.10. The van der Waals surface area contributed by atoms with Crippen LogP contribution in [-0.2, 0) is 9.84 Å². The number of nitrogens with two attached hydrogens (primary N) is 1. The number of halogens is 1. The Bertz CT molecular complexity index is 728. The van der Waals surface area contributed by atoms with E-state index in [1.165, 1.54) is 12.1 Å². The topological polar surface area (TPSA) is 72.2 Å². The molecule has 0 radical (unpaired) electrons. The zero-order valence-electron chi connectivity index (χ0n) is 11.6. The van der Waals surface area contributed by atoms with Crippen molar-refractivity contribution in [2.24, 2.45) is 0 Å². The Morgan fingerprint density at radius 1 is 1.10 bits per heavy atom. The summed E-state index contributed by atoms with van der Waals surface area (Å²) in [5.74, 6) is 0. The van der Waals surface area contributed by atoms with Gasteiger partial charge in [-0.05, 0) is 48.9 Å². The van der Waals surface area contributed by atoms with Crippen molar-refractivity contribution in [3.63, 3.8) is 0 Å². The van der Waals surface area contributed by atoms with E-state index < -0.39 is 9.84 Å². The molecule has 0 saturated heterocycles. The standard InChI is InChI=1S/C15H17BrN2O2S/c1-2-7-18-13-8-11(16)9-15(10-13)21(19,20)14-5-3-12(17)4-6-14/h3-6,8-10,18H,2,7,17H2,1H3. The van der Waals surface area contributed by atoms with Crippen LogP contribution in [0.15, 0.2) is 56.7 Å². The van der Waals surface area contributed by atoms with Crippen molar-refractivity contribution in [3.05, 3.63) is 46.9 Å². The summed E-state index contributed by atoms with van der Waals surface area (Å²) in [6.07, 6.45) is 0.965. The maximum atomic E-state index is 12.6. The number of anilines is 2. The van der Waals surface area contributed by atoms with Crippen LogP contribution >= 0.6 is 15.9 Å². The first-order valence-corrected chi connectivity index (χ1v) is 8.86. The molecule has 21 heavy (non-hydrogen) atoms. The van der Waals surface area contributed by atoms with Crippen molar-refractivity contribution in [2.45, 2.75) is 23.1 Å². The SMILES string of the molecule is CCCNc1cc(Br)cc(S(=O)(=O)c2ccc(N)cc2)c1. The monoisotopic (exact) mass is 368 g/mol. The highest BCUT2D eigenvalue weighted by atomic mass is 79.9. The fourth-order valence-corrected chi connectivity index (χ4v) is 3.85. The van der Waals surface area contributed by atoms with Crippen LogP contribution in [0.5, 0.6) is 0 Å².